The molecule has 156 valence electrons. The van der Waals surface area contributed by atoms with Crippen LogP contribution in [0.3, 0.4) is 0 Å². The zero-order chi connectivity index (χ0) is 21.8. The molecule has 3 aromatic rings. The summed E-state index contributed by atoms with van der Waals surface area (Å²) in [5.41, 5.74) is 4.87. The van der Waals surface area contributed by atoms with Crippen LogP contribution in [0.2, 0.25) is 0 Å². The number of carbonyl (C=O) groups is 1. The molecule has 0 aromatic heterocycles. The van der Waals surface area contributed by atoms with Crippen LogP contribution in [0.15, 0.2) is 65.1 Å². The van der Waals surface area contributed by atoms with Crippen molar-refractivity contribution in [1.82, 2.24) is 5.32 Å². The van der Waals surface area contributed by atoms with Crippen LogP contribution in [0.1, 0.15) is 29.0 Å². The molecule has 0 atom stereocenters. The third-order valence-corrected chi connectivity index (χ3v) is 5.84. The lowest BCUT2D eigenvalue weighted by molar-refractivity contribution is 0.143. The van der Waals surface area contributed by atoms with E-state index in [0.29, 0.717) is 6.42 Å². The van der Waals surface area contributed by atoms with E-state index in [0.717, 1.165) is 23.3 Å². The van der Waals surface area contributed by atoms with Gasteiger partial charge >= 0.3 is 6.09 Å². The van der Waals surface area contributed by atoms with Gasteiger partial charge in [0, 0.05) is 24.4 Å². The molecule has 3 nitrogen and oxygen atoms in total. The van der Waals surface area contributed by atoms with E-state index in [1.807, 2.05) is 24.3 Å². The number of alkyl carbamates (subject to hydrolysis) is 1. The highest BCUT2D eigenvalue weighted by atomic mass is 79.9. The van der Waals surface area contributed by atoms with E-state index in [4.69, 9.17) is 4.74 Å². The van der Waals surface area contributed by atoms with Crippen molar-refractivity contribution >= 4 is 22.0 Å². The molecule has 3 aromatic carbocycles. The van der Waals surface area contributed by atoms with Crippen LogP contribution in [0, 0.1) is 23.5 Å². The number of fused-ring (bicyclic) bond motifs is 3. The predicted molar refractivity (Wildman–Crippen MR) is 119 cm³/mol. The van der Waals surface area contributed by atoms with E-state index in [1.54, 1.807) is 0 Å². The molecule has 31 heavy (non-hydrogen) atoms. The SMILES string of the molecule is O=C(NCCC#Cc1cc(F)c(Br)c(F)c1)OCC1c2ccccc2-c2ccccc21. The van der Waals surface area contributed by atoms with Crippen molar-refractivity contribution in [3.05, 3.63) is 93.5 Å². The molecule has 6 heteroatoms. The fourth-order valence-corrected chi connectivity index (χ4v) is 3.90. The van der Waals surface area contributed by atoms with Gasteiger partial charge in [-0.15, -0.1) is 0 Å². The fraction of sp³-hybridized carbons (Fsp3) is 0.160. The topological polar surface area (TPSA) is 38.3 Å². The summed E-state index contributed by atoms with van der Waals surface area (Å²) in [5, 5.41) is 2.65. The molecule has 1 amide bonds. The van der Waals surface area contributed by atoms with Gasteiger partial charge in [-0.1, -0.05) is 60.4 Å². The second-order valence-corrected chi connectivity index (χ2v) is 7.85. The number of amides is 1. The first-order valence-corrected chi connectivity index (χ1v) is 10.6. The van der Waals surface area contributed by atoms with E-state index in [1.165, 1.54) is 11.1 Å². The molecule has 0 heterocycles. The van der Waals surface area contributed by atoms with Crippen LogP contribution >= 0.6 is 15.9 Å². The van der Waals surface area contributed by atoms with Gasteiger partial charge in [0.25, 0.3) is 0 Å². The van der Waals surface area contributed by atoms with Gasteiger partial charge in [-0.05, 0) is 50.3 Å². The second kappa shape index (κ2) is 9.32. The zero-order valence-electron chi connectivity index (χ0n) is 16.4. The zero-order valence-corrected chi connectivity index (χ0v) is 18.0. The summed E-state index contributed by atoms with van der Waals surface area (Å²) in [4.78, 5) is 12.1. The standard InChI is InChI=1S/C25H18BrF2NO2/c26-24-22(27)13-16(14-23(24)28)7-5-6-12-29-25(30)31-15-21-19-10-3-1-8-17(19)18-9-2-4-11-20(18)21/h1-4,8-11,13-14,21H,6,12,15H2,(H,29,30). The number of ether oxygens (including phenoxy) is 1. The van der Waals surface area contributed by atoms with E-state index < -0.39 is 17.7 Å². The average molecular weight is 482 g/mol. The first-order chi connectivity index (χ1) is 15.0. The Balaban J connectivity index is 1.29. The highest BCUT2D eigenvalue weighted by Gasteiger charge is 2.28. The van der Waals surface area contributed by atoms with Crippen molar-refractivity contribution in [3.8, 4) is 23.0 Å². The molecule has 0 spiro atoms. The lowest BCUT2D eigenvalue weighted by Gasteiger charge is -2.14. The Morgan fingerprint density at radius 3 is 2.19 bits per heavy atom. The van der Waals surface area contributed by atoms with Gasteiger partial charge in [0.1, 0.15) is 18.2 Å². The second-order valence-electron chi connectivity index (χ2n) is 7.06. The minimum absolute atomic E-state index is 0.000129. The van der Waals surface area contributed by atoms with Crippen LogP contribution in [0.25, 0.3) is 11.1 Å². The molecule has 0 fully saturated rings. The largest absolute Gasteiger partial charge is 0.449 e. The number of halogens is 3. The Kier molecular flexibility index (Phi) is 6.34. The summed E-state index contributed by atoms with van der Waals surface area (Å²) < 4.78 is 32.2. The summed E-state index contributed by atoms with van der Waals surface area (Å²) in [7, 11) is 0. The maximum absolute atomic E-state index is 13.5. The lowest BCUT2D eigenvalue weighted by Crippen LogP contribution is -2.26. The van der Waals surface area contributed by atoms with Crippen LogP contribution in [-0.2, 0) is 4.74 Å². The Hall–Kier alpha value is -3.17. The van der Waals surface area contributed by atoms with Crippen LogP contribution < -0.4 is 5.32 Å². The molecular weight excluding hydrogens is 464 g/mol. The Morgan fingerprint density at radius 1 is 1.00 bits per heavy atom. The smallest absolute Gasteiger partial charge is 0.407 e. The number of carbonyl (C=O) groups excluding carboxylic acids is 1. The van der Waals surface area contributed by atoms with Crippen molar-refractivity contribution in [3.63, 3.8) is 0 Å². The third kappa shape index (κ3) is 4.62. The van der Waals surface area contributed by atoms with Gasteiger partial charge in [0.05, 0.1) is 4.47 Å². The summed E-state index contributed by atoms with van der Waals surface area (Å²) in [6, 6.07) is 18.6. The summed E-state index contributed by atoms with van der Waals surface area (Å²) in [6.07, 6.45) is -0.201. The molecule has 1 aliphatic carbocycles. The number of hydrogen-bond acceptors (Lipinski definition) is 2. The highest BCUT2D eigenvalue weighted by Crippen LogP contribution is 2.44. The monoisotopic (exact) mass is 481 g/mol. The number of rotatable bonds is 4. The molecule has 1 N–H and O–H groups in total. The van der Waals surface area contributed by atoms with Crippen LogP contribution in [-0.4, -0.2) is 19.2 Å². The quantitative estimate of drug-likeness (QED) is 0.281. The van der Waals surface area contributed by atoms with Gasteiger partial charge in [-0.2, -0.15) is 0 Å². The van der Waals surface area contributed by atoms with E-state index >= 15 is 0 Å². The molecule has 0 saturated carbocycles. The van der Waals surface area contributed by atoms with Gasteiger partial charge in [0.2, 0.25) is 0 Å². The molecule has 0 aliphatic heterocycles. The Bertz CT molecular complexity index is 1130. The van der Waals surface area contributed by atoms with Gasteiger partial charge in [-0.3, -0.25) is 0 Å². The van der Waals surface area contributed by atoms with Crippen molar-refractivity contribution in [2.75, 3.05) is 13.2 Å². The molecule has 0 radical (unpaired) electrons. The van der Waals surface area contributed by atoms with Crippen molar-refractivity contribution < 1.29 is 18.3 Å². The lowest BCUT2D eigenvalue weighted by atomic mass is 9.98. The van der Waals surface area contributed by atoms with Crippen molar-refractivity contribution in [2.24, 2.45) is 0 Å². The first-order valence-electron chi connectivity index (χ1n) is 9.77. The van der Waals surface area contributed by atoms with Crippen LogP contribution in [0.4, 0.5) is 13.6 Å². The minimum atomic E-state index is -0.707. The Labute approximate surface area is 187 Å². The van der Waals surface area contributed by atoms with Crippen molar-refractivity contribution in [1.29, 1.82) is 0 Å². The number of benzene rings is 3. The molecule has 0 bridgehead atoms. The molecule has 4 rings (SSSR count). The maximum Gasteiger partial charge on any atom is 0.407 e. The maximum atomic E-state index is 13.5. The van der Waals surface area contributed by atoms with E-state index in [2.05, 4.69) is 57.4 Å². The summed E-state index contributed by atoms with van der Waals surface area (Å²) in [5.74, 6) is 4.05. The molecular formula is C25H18BrF2NO2. The summed E-state index contributed by atoms with van der Waals surface area (Å²) in [6.45, 7) is 0.508. The Morgan fingerprint density at radius 2 is 1.58 bits per heavy atom. The highest BCUT2D eigenvalue weighted by molar-refractivity contribution is 9.10. The third-order valence-electron chi connectivity index (χ3n) is 5.08. The van der Waals surface area contributed by atoms with E-state index in [9.17, 15) is 13.6 Å². The minimum Gasteiger partial charge on any atom is -0.449 e. The fourth-order valence-electron chi connectivity index (χ4n) is 3.67. The van der Waals surface area contributed by atoms with Gasteiger partial charge < -0.3 is 10.1 Å². The average Bonchev–Trinajstić information content (AvgIpc) is 3.09. The molecule has 0 saturated heterocycles. The van der Waals surface area contributed by atoms with Gasteiger partial charge in [0.15, 0.2) is 0 Å². The normalized spacial score (nSPS) is 11.8. The van der Waals surface area contributed by atoms with Crippen LogP contribution in [0.5, 0.6) is 0 Å². The first kappa shape index (κ1) is 21.1. The number of nitrogens with one attached hydrogen (secondary N) is 1. The number of hydrogen-bond donors (Lipinski definition) is 1. The summed E-state index contributed by atoms with van der Waals surface area (Å²) >= 11 is 2.82. The van der Waals surface area contributed by atoms with E-state index in [-0.39, 0.29) is 29.1 Å². The molecule has 0 unspecified atom stereocenters. The molecule has 1 aliphatic rings. The van der Waals surface area contributed by atoms with Crippen molar-refractivity contribution in [2.45, 2.75) is 12.3 Å². The predicted octanol–water partition coefficient (Wildman–Crippen LogP) is 6.01. The van der Waals surface area contributed by atoms with Gasteiger partial charge in [-0.25, -0.2) is 13.6 Å².